The molecule has 0 amide bonds. The van der Waals surface area contributed by atoms with Crippen molar-refractivity contribution in [3.63, 3.8) is 0 Å². The van der Waals surface area contributed by atoms with E-state index >= 15 is 0 Å². The van der Waals surface area contributed by atoms with Gasteiger partial charge in [-0.05, 0) is 47.2 Å². The van der Waals surface area contributed by atoms with Crippen molar-refractivity contribution in [3.8, 4) is 11.1 Å². The lowest BCUT2D eigenvalue weighted by Gasteiger charge is -2.09. The number of hydrogen-bond donors (Lipinski definition) is 2. The fourth-order valence-corrected chi connectivity index (χ4v) is 4.48. The summed E-state index contributed by atoms with van der Waals surface area (Å²) in [5.41, 5.74) is 4.50. The number of aliphatic hydroxyl groups is 1. The monoisotopic (exact) mass is 459 g/mol. The van der Waals surface area contributed by atoms with Crippen molar-refractivity contribution < 1.29 is 24.2 Å². The Morgan fingerprint density at radius 1 is 1.03 bits per heavy atom. The van der Waals surface area contributed by atoms with Crippen molar-refractivity contribution in [1.82, 2.24) is 4.40 Å². The van der Waals surface area contributed by atoms with Crippen LogP contribution in [0.3, 0.4) is 0 Å². The zero-order valence-corrected chi connectivity index (χ0v) is 19.0. The summed E-state index contributed by atoms with van der Waals surface area (Å²) in [6, 6.07) is 16.4. The first-order valence-corrected chi connectivity index (χ1v) is 11.2. The van der Waals surface area contributed by atoms with Gasteiger partial charge in [-0.15, -0.1) is 0 Å². The molecule has 2 N–H and O–H groups in total. The minimum atomic E-state index is -1.24. The van der Waals surface area contributed by atoms with Crippen molar-refractivity contribution in [1.29, 1.82) is 0 Å². The lowest BCUT2D eigenvalue weighted by atomic mass is 9.95. The number of carboxylic acids is 1. The number of nitrogens with zero attached hydrogens (tertiary/aromatic N) is 1. The van der Waals surface area contributed by atoms with E-state index in [1.54, 1.807) is 18.2 Å². The summed E-state index contributed by atoms with van der Waals surface area (Å²) < 4.78 is 15.9. The van der Waals surface area contributed by atoms with Gasteiger partial charge in [0.05, 0.1) is 18.0 Å². The molecule has 6 heteroatoms. The minimum absolute atomic E-state index is 0.107. The molecule has 0 fully saturated rings. The van der Waals surface area contributed by atoms with E-state index in [1.165, 1.54) is 18.2 Å². The van der Waals surface area contributed by atoms with Crippen LogP contribution in [0.5, 0.6) is 0 Å². The van der Waals surface area contributed by atoms with Gasteiger partial charge in [-0.25, -0.2) is 4.39 Å². The van der Waals surface area contributed by atoms with Gasteiger partial charge in [0.25, 0.3) is 0 Å². The highest BCUT2D eigenvalue weighted by Crippen LogP contribution is 2.40. The number of carbonyl (C=O) groups excluding carboxylic acids is 1. The van der Waals surface area contributed by atoms with Crippen molar-refractivity contribution >= 4 is 34.1 Å². The molecule has 0 aliphatic carbocycles. The molecule has 2 heterocycles. The number of halogens is 1. The van der Waals surface area contributed by atoms with Crippen molar-refractivity contribution in [2.45, 2.75) is 38.7 Å². The Labute approximate surface area is 196 Å². The molecule has 0 spiro atoms. The SMILES string of the molecule is CC(C)c1c(C=CC(=O)CC(O)CC(=O)O)c(-c2ccc(F)cc2)c2c3ccccc3ccn12. The molecule has 5 nitrogen and oxygen atoms in total. The number of aliphatic carboxylic acids is 1. The van der Waals surface area contributed by atoms with E-state index < -0.39 is 18.5 Å². The van der Waals surface area contributed by atoms with Crippen LogP contribution in [0.1, 0.15) is 43.9 Å². The van der Waals surface area contributed by atoms with Crippen molar-refractivity contribution in [3.05, 3.63) is 83.9 Å². The van der Waals surface area contributed by atoms with Crippen LogP contribution >= 0.6 is 0 Å². The summed E-state index contributed by atoms with van der Waals surface area (Å²) in [4.78, 5) is 23.3. The Morgan fingerprint density at radius 2 is 1.74 bits per heavy atom. The Balaban J connectivity index is 1.94. The summed E-state index contributed by atoms with van der Waals surface area (Å²) in [7, 11) is 0. The maximum Gasteiger partial charge on any atom is 0.305 e. The van der Waals surface area contributed by atoms with E-state index in [1.807, 2.05) is 36.5 Å². The van der Waals surface area contributed by atoms with Crippen LogP contribution in [0.2, 0.25) is 0 Å². The number of allylic oxidation sites excluding steroid dienone is 1. The molecule has 174 valence electrons. The van der Waals surface area contributed by atoms with Gasteiger partial charge in [-0.1, -0.05) is 50.2 Å². The largest absolute Gasteiger partial charge is 0.481 e. The number of fused-ring (bicyclic) bond motifs is 3. The van der Waals surface area contributed by atoms with E-state index in [2.05, 4.69) is 18.2 Å². The van der Waals surface area contributed by atoms with Crippen LogP contribution in [0.4, 0.5) is 4.39 Å². The van der Waals surface area contributed by atoms with Gasteiger partial charge in [0.2, 0.25) is 0 Å². The van der Waals surface area contributed by atoms with Crippen LogP contribution in [-0.2, 0) is 9.59 Å². The molecule has 1 atom stereocenters. The van der Waals surface area contributed by atoms with E-state index in [0.717, 1.165) is 38.7 Å². The summed E-state index contributed by atoms with van der Waals surface area (Å²) in [5.74, 6) is -1.75. The maximum atomic E-state index is 13.7. The van der Waals surface area contributed by atoms with E-state index in [4.69, 9.17) is 5.11 Å². The number of ketones is 1. The predicted octanol–water partition coefficient (Wildman–Crippen LogP) is 5.83. The number of aromatic nitrogens is 1. The lowest BCUT2D eigenvalue weighted by Crippen LogP contribution is -2.16. The normalized spacial score (nSPS) is 12.7. The average molecular weight is 460 g/mol. The molecule has 4 rings (SSSR count). The Morgan fingerprint density at radius 3 is 2.41 bits per heavy atom. The molecular formula is C28H26FNO4. The number of carboxylic acid groups (broad SMARTS) is 1. The smallest absolute Gasteiger partial charge is 0.305 e. The molecule has 0 saturated carbocycles. The number of hydrogen-bond acceptors (Lipinski definition) is 3. The number of pyridine rings is 1. The van der Waals surface area contributed by atoms with Gasteiger partial charge in [-0.3, -0.25) is 9.59 Å². The minimum Gasteiger partial charge on any atom is -0.481 e. The average Bonchev–Trinajstić information content (AvgIpc) is 3.12. The first kappa shape index (κ1) is 23.4. The third-order valence-electron chi connectivity index (χ3n) is 5.86. The number of aliphatic hydroxyl groups excluding tert-OH is 1. The number of carbonyl (C=O) groups is 2. The van der Waals surface area contributed by atoms with Crippen LogP contribution in [0.15, 0.2) is 66.9 Å². The third kappa shape index (κ3) is 4.63. The molecule has 0 aliphatic heterocycles. The fourth-order valence-electron chi connectivity index (χ4n) is 4.48. The van der Waals surface area contributed by atoms with Gasteiger partial charge < -0.3 is 14.6 Å². The highest BCUT2D eigenvalue weighted by atomic mass is 19.1. The lowest BCUT2D eigenvalue weighted by molar-refractivity contribution is -0.139. The quantitative estimate of drug-likeness (QED) is 0.325. The van der Waals surface area contributed by atoms with Gasteiger partial charge in [0, 0.05) is 34.8 Å². The van der Waals surface area contributed by atoms with Gasteiger partial charge in [0.15, 0.2) is 5.78 Å². The molecule has 4 aromatic rings. The van der Waals surface area contributed by atoms with Gasteiger partial charge in [0.1, 0.15) is 5.82 Å². The summed E-state index contributed by atoms with van der Waals surface area (Å²) >= 11 is 0. The number of benzene rings is 2. The number of rotatable bonds is 8. The molecule has 0 radical (unpaired) electrons. The first-order chi connectivity index (χ1) is 16.3. The second kappa shape index (κ2) is 9.61. The third-order valence-corrected chi connectivity index (χ3v) is 5.86. The van der Waals surface area contributed by atoms with Crippen molar-refractivity contribution in [2.24, 2.45) is 0 Å². The summed E-state index contributed by atoms with van der Waals surface area (Å²) in [6.07, 6.45) is 3.12. The summed E-state index contributed by atoms with van der Waals surface area (Å²) in [6.45, 7) is 4.14. The van der Waals surface area contributed by atoms with Crippen LogP contribution in [0, 0.1) is 5.82 Å². The second-order valence-corrected chi connectivity index (χ2v) is 8.71. The van der Waals surface area contributed by atoms with Gasteiger partial charge >= 0.3 is 5.97 Å². The molecule has 0 aliphatic rings. The molecule has 34 heavy (non-hydrogen) atoms. The zero-order valence-electron chi connectivity index (χ0n) is 19.0. The topological polar surface area (TPSA) is 79.0 Å². The predicted molar refractivity (Wildman–Crippen MR) is 131 cm³/mol. The van der Waals surface area contributed by atoms with Crippen LogP contribution < -0.4 is 0 Å². The zero-order chi connectivity index (χ0) is 24.4. The Kier molecular flexibility index (Phi) is 6.61. The first-order valence-electron chi connectivity index (χ1n) is 11.2. The van der Waals surface area contributed by atoms with Crippen LogP contribution in [0.25, 0.3) is 33.5 Å². The Bertz CT molecular complexity index is 1400. The molecule has 0 bridgehead atoms. The highest BCUT2D eigenvalue weighted by molar-refractivity contribution is 6.07. The van der Waals surface area contributed by atoms with E-state index in [9.17, 15) is 19.1 Å². The molecule has 0 saturated heterocycles. The Hall–Kier alpha value is -3.77. The molecular weight excluding hydrogens is 433 g/mol. The standard InChI is InChI=1S/C28H26FNO4/c1-17(2)27-24(12-11-21(31)15-22(32)16-25(33)34)26(19-7-9-20(29)10-8-19)28-23-6-4-3-5-18(23)13-14-30(27)28/h3-14,17,22,32H,15-16H2,1-2H3,(H,33,34). The van der Waals surface area contributed by atoms with E-state index in [0.29, 0.717) is 0 Å². The maximum absolute atomic E-state index is 13.7. The molecule has 1 unspecified atom stereocenters. The van der Waals surface area contributed by atoms with E-state index in [-0.39, 0.29) is 23.9 Å². The molecule has 2 aromatic carbocycles. The summed E-state index contributed by atoms with van der Waals surface area (Å²) in [5, 5.41) is 20.8. The molecule has 2 aromatic heterocycles. The second-order valence-electron chi connectivity index (χ2n) is 8.71. The fraction of sp³-hybridized carbons (Fsp3) is 0.214. The van der Waals surface area contributed by atoms with Crippen LogP contribution in [-0.4, -0.2) is 32.5 Å². The van der Waals surface area contributed by atoms with Crippen molar-refractivity contribution in [2.75, 3.05) is 0 Å². The van der Waals surface area contributed by atoms with Gasteiger partial charge in [-0.2, -0.15) is 0 Å². The highest BCUT2D eigenvalue weighted by Gasteiger charge is 2.22.